The van der Waals surface area contributed by atoms with Crippen LogP contribution in [0.25, 0.3) is 0 Å². The van der Waals surface area contributed by atoms with Crippen LogP contribution in [0, 0.1) is 23.2 Å². The van der Waals surface area contributed by atoms with Gasteiger partial charge in [0.15, 0.2) is 0 Å². The fourth-order valence-electron chi connectivity index (χ4n) is 3.06. The number of hydrogen-bond acceptors (Lipinski definition) is 1. The van der Waals surface area contributed by atoms with Crippen LogP contribution in [0.15, 0.2) is 0 Å². The van der Waals surface area contributed by atoms with Gasteiger partial charge in [-0.05, 0) is 55.4 Å². The lowest BCUT2D eigenvalue weighted by Gasteiger charge is -2.41. The van der Waals surface area contributed by atoms with Crippen LogP contribution in [0.1, 0.15) is 59.8 Å². The molecule has 1 nitrogen and oxygen atoms in total. The van der Waals surface area contributed by atoms with Gasteiger partial charge in [0, 0.05) is 0 Å². The minimum absolute atomic E-state index is 0.559. The van der Waals surface area contributed by atoms with Crippen LogP contribution < -0.4 is 5.73 Å². The Hall–Kier alpha value is -0.0400. The molecule has 0 heterocycles. The summed E-state index contributed by atoms with van der Waals surface area (Å²) >= 11 is 0. The van der Waals surface area contributed by atoms with Crippen molar-refractivity contribution in [2.45, 2.75) is 59.8 Å². The minimum Gasteiger partial charge on any atom is -0.330 e. The van der Waals surface area contributed by atoms with Gasteiger partial charge in [-0.2, -0.15) is 0 Å². The minimum atomic E-state index is 0.559. The summed E-state index contributed by atoms with van der Waals surface area (Å²) in [5, 5.41) is 0. The molecule has 1 fully saturated rings. The number of hydrogen-bond donors (Lipinski definition) is 1. The third-order valence-corrected chi connectivity index (χ3v) is 4.38. The summed E-state index contributed by atoms with van der Waals surface area (Å²) in [6.45, 7) is 10.4. The highest BCUT2D eigenvalue weighted by molar-refractivity contribution is 4.86. The predicted molar refractivity (Wildman–Crippen MR) is 67.7 cm³/mol. The van der Waals surface area contributed by atoms with Gasteiger partial charge in [-0.1, -0.05) is 34.1 Å². The second kappa shape index (κ2) is 5.34. The molecule has 0 aromatic heterocycles. The lowest BCUT2D eigenvalue weighted by Crippen LogP contribution is -2.34. The Labute approximate surface area is 95.8 Å². The van der Waals surface area contributed by atoms with Crippen LogP contribution in [0.4, 0.5) is 0 Å². The van der Waals surface area contributed by atoms with Crippen molar-refractivity contribution in [2.24, 2.45) is 28.9 Å². The molecule has 1 saturated carbocycles. The first-order valence-electron chi connectivity index (χ1n) is 6.68. The molecule has 3 unspecified atom stereocenters. The molecule has 15 heavy (non-hydrogen) atoms. The van der Waals surface area contributed by atoms with Crippen LogP contribution in [-0.2, 0) is 0 Å². The highest BCUT2D eigenvalue weighted by Gasteiger charge is 2.34. The molecular weight excluding hydrogens is 182 g/mol. The van der Waals surface area contributed by atoms with E-state index in [1.165, 1.54) is 32.1 Å². The number of nitrogens with two attached hydrogens (primary N) is 1. The molecule has 0 saturated heterocycles. The van der Waals surface area contributed by atoms with Crippen molar-refractivity contribution in [1.82, 2.24) is 0 Å². The molecule has 0 aromatic carbocycles. The third kappa shape index (κ3) is 3.79. The first-order chi connectivity index (χ1) is 6.98. The van der Waals surface area contributed by atoms with E-state index in [0.717, 1.165) is 24.3 Å². The molecule has 1 aliphatic carbocycles. The predicted octanol–water partition coefficient (Wildman–Crippen LogP) is 3.82. The van der Waals surface area contributed by atoms with Crippen molar-refractivity contribution in [3.05, 3.63) is 0 Å². The van der Waals surface area contributed by atoms with E-state index < -0.39 is 0 Å². The van der Waals surface area contributed by atoms with Gasteiger partial charge in [0.2, 0.25) is 0 Å². The van der Waals surface area contributed by atoms with E-state index in [4.69, 9.17) is 5.73 Å². The second-order valence-electron chi connectivity index (χ2n) is 6.41. The van der Waals surface area contributed by atoms with Crippen LogP contribution in [0.5, 0.6) is 0 Å². The quantitative estimate of drug-likeness (QED) is 0.751. The Morgan fingerprint density at radius 2 is 2.00 bits per heavy atom. The zero-order valence-electron chi connectivity index (χ0n) is 11.1. The Balaban J connectivity index is 2.55. The SMILES string of the molecule is CCC(C)CC1CC(C)(C)CCC1CN. The lowest BCUT2D eigenvalue weighted by molar-refractivity contribution is 0.103. The highest BCUT2D eigenvalue weighted by atomic mass is 14.6. The summed E-state index contributed by atoms with van der Waals surface area (Å²) in [7, 11) is 0. The molecule has 1 rings (SSSR count). The summed E-state index contributed by atoms with van der Waals surface area (Å²) in [6, 6.07) is 0. The van der Waals surface area contributed by atoms with E-state index in [0.29, 0.717) is 5.41 Å². The Bertz CT molecular complexity index is 186. The molecule has 1 heteroatoms. The molecule has 0 aromatic rings. The monoisotopic (exact) mass is 211 g/mol. The van der Waals surface area contributed by atoms with Gasteiger partial charge in [0.05, 0.1) is 0 Å². The molecule has 2 N–H and O–H groups in total. The van der Waals surface area contributed by atoms with E-state index in [-0.39, 0.29) is 0 Å². The van der Waals surface area contributed by atoms with E-state index >= 15 is 0 Å². The lowest BCUT2D eigenvalue weighted by atomic mass is 9.65. The summed E-state index contributed by atoms with van der Waals surface area (Å²) in [4.78, 5) is 0. The summed E-state index contributed by atoms with van der Waals surface area (Å²) in [5.74, 6) is 2.55. The Morgan fingerprint density at radius 1 is 1.33 bits per heavy atom. The standard InChI is InChI=1S/C14H29N/c1-5-11(2)8-13-9-14(3,4)7-6-12(13)10-15/h11-13H,5-10,15H2,1-4H3. The van der Waals surface area contributed by atoms with Crippen molar-refractivity contribution >= 4 is 0 Å². The van der Waals surface area contributed by atoms with Crippen LogP contribution >= 0.6 is 0 Å². The average molecular weight is 211 g/mol. The van der Waals surface area contributed by atoms with Crippen LogP contribution in [-0.4, -0.2) is 6.54 Å². The summed E-state index contributed by atoms with van der Waals surface area (Å²) in [5.41, 5.74) is 6.46. The maximum atomic E-state index is 5.90. The molecule has 3 atom stereocenters. The summed E-state index contributed by atoms with van der Waals surface area (Å²) < 4.78 is 0. The van der Waals surface area contributed by atoms with Gasteiger partial charge in [0.25, 0.3) is 0 Å². The normalized spacial score (nSPS) is 32.6. The highest BCUT2D eigenvalue weighted by Crippen LogP contribution is 2.44. The zero-order chi connectivity index (χ0) is 11.5. The molecule has 0 radical (unpaired) electrons. The smallest absolute Gasteiger partial charge is 0.00462 e. The molecule has 1 aliphatic rings. The first kappa shape index (κ1) is 13.0. The Kier molecular flexibility index (Phi) is 4.64. The van der Waals surface area contributed by atoms with Crippen molar-refractivity contribution in [3.63, 3.8) is 0 Å². The van der Waals surface area contributed by atoms with Crippen LogP contribution in [0.3, 0.4) is 0 Å². The molecule has 0 amide bonds. The third-order valence-electron chi connectivity index (χ3n) is 4.38. The van der Waals surface area contributed by atoms with Gasteiger partial charge in [-0.25, -0.2) is 0 Å². The van der Waals surface area contributed by atoms with E-state index in [9.17, 15) is 0 Å². The van der Waals surface area contributed by atoms with Gasteiger partial charge in [0.1, 0.15) is 0 Å². The van der Waals surface area contributed by atoms with Crippen molar-refractivity contribution < 1.29 is 0 Å². The zero-order valence-corrected chi connectivity index (χ0v) is 11.1. The fourth-order valence-corrected chi connectivity index (χ4v) is 3.06. The van der Waals surface area contributed by atoms with Gasteiger partial charge >= 0.3 is 0 Å². The second-order valence-corrected chi connectivity index (χ2v) is 6.41. The summed E-state index contributed by atoms with van der Waals surface area (Å²) in [6.07, 6.45) is 6.81. The number of rotatable bonds is 4. The van der Waals surface area contributed by atoms with E-state index in [2.05, 4.69) is 27.7 Å². The largest absolute Gasteiger partial charge is 0.330 e. The van der Waals surface area contributed by atoms with E-state index in [1.54, 1.807) is 0 Å². The fraction of sp³-hybridized carbons (Fsp3) is 1.00. The topological polar surface area (TPSA) is 26.0 Å². The molecule has 0 bridgehead atoms. The Morgan fingerprint density at radius 3 is 2.53 bits per heavy atom. The van der Waals surface area contributed by atoms with Gasteiger partial charge in [-0.15, -0.1) is 0 Å². The van der Waals surface area contributed by atoms with Gasteiger partial charge < -0.3 is 5.73 Å². The van der Waals surface area contributed by atoms with Crippen LogP contribution in [0.2, 0.25) is 0 Å². The van der Waals surface area contributed by atoms with Gasteiger partial charge in [-0.3, -0.25) is 0 Å². The average Bonchev–Trinajstić information content (AvgIpc) is 2.17. The van der Waals surface area contributed by atoms with Crippen molar-refractivity contribution in [1.29, 1.82) is 0 Å². The molecule has 0 aliphatic heterocycles. The van der Waals surface area contributed by atoms with E-state index in [1.807, 2.05) is 0 Å². The molecular formula is C14H29N. The maximum absolute atomic E-state index is 5.90. The van der Waals surface area contributed by atoms with Crippen molar-refractivity contribution in [2.75, 3.05) is 6.54 Å². The van der Waals surface area contributed by atoms with Crippen molar-refractivity contribution in [3.8, 4) is 0 Å². The molecule has 0 spiro atoms. The molecule has 90 valence electrons. The first-order valence-corrected chi connectivity index (χ1v) is 6.68. The maximum Gasteiger partial charge on any atom is -0.00462 e.